The zero-order valence-corrected chi connectivity index (χ0v) is 19.7. The molecule has 148 valence electrons. The molecule has 7 heteroatoms. The highest BCUT2D eigenvalue weighted by Gasteiger charge is 2.22. The number of fused-ring (bicyclic) bond motifs is 2. The average Bonchev–Trinajstić information content (AvgIpc) is 3.38. The van der Waals surface area contributed by atoms with E-state index < -0.39 is 0 Å². The van der Waals surface area contributed by atoms with Crippen LogP contribution in [0.3, 0.4) is 0 Å². The summed E-state index contributed by atoms with van der Waals surface area (Å²) in [6, 6.07) is 11.4. The van der Waals surface area contributed by atoms with Gasteiger partial charge in [-0.05, 0) is 48.7 Å². The fraction of sp³-hybridized carbons (Fsp3) is 0.227. The van der Waals surface area contributed by atoms with Crippen molar-refractivity contribution in [3.05, 3.63) is 64.6 Å². The lowest BCUT2D eigenvalue weighted by Crippen LogP contribution is -2.08. The normalized spacial score (nSPS) is 10.6. The van der Waals surface area contributed by atoms with E-state index in [0.717, 1.165) is 28.5 Å². The quantitative estimate of drug-likeness (QED) is 0.253. The highest BCUT2D eigenvalue weighted by molar-refractivity contribution is 14.2. The van der Waals surface area contributed by atoms with Crippen molar-refractivity contribution in [1.29, 1.82) is 5.26 Å². The van der Waals surface area contributed by atoms with E-state index in [2.05, 4.69) is 61.1 Å². The highest BCUT2D eigenvalue weighted by Crippen LogP contribution is 2.33. The number of halogens is 1. The number of imidazole rings is 1. The molecule has 29 heavy (non-hydrogen) atoms. The van der Waals surface area contributed by atoms with E-state index in [1.54, 1.807) is 27.3 Å². The number of aromatic amines is 1. The molecule has 0 unspecified atom stereocenters. The predicted octanol–water partition coefficient (Wildman–Crippen LogP) is 6.36. The zero-order valence-electron chi connectivity index (χ0n) is 16.7. The van der Waals surface area contributed by atoms with Gasteiger partial charge >= 0.3 is 0 Å². The number of carbonyl (C=O) groups excluding carboxylic acids is 1. The van der Waals surface area contributed by atoms with Crippen molar-refractivity contribution in [1.82, 2.24) is 13.9 Å². The molecule has 0 fully saturated rings. The predicted molar refractivity (Wildman–Crippen MR) is 129 cm³/mol. The van der Waals surface area contributed by atoms with Gasteiger partial charge in [-0.25, -0.2) is 4.98 Å². The van der Waals surface area contributed by atoms with Crippen LogP contribution in [0.1, 0.15) is 53.6 Å². The molecule has 0 saturated carbocycles. The van der Waals surface area contributed by atoms with Gasteiger partial charge in [0, 0.05) is 47.5 Å². The van der Waals surface area contributed by atoms with Crippen molar-refractivity contribution in [2.75, 3.05) is 0 Å². The van der Waals surface area contributed by atoms with Crippen molar-refractivity contribution in [2.24, 2.45) is 0 Å². The van der Waals surface area contributed by atoms with Gasteiger partial charge in [-0.1, -0.05) is 26.8 Å². The number of aryl methyl sites for hydroxylation is 2. The van der Waals surface area contributed by atoms with Crippen LogP contribution in [-0.2, 0) is 6.42 Å². The van der Waals surface area contributed by atoms with Crippen LogP contribution in [0.5, 0.6) is 0 Å². The van der Waals surface area contributed by atoms with E-state index in [1.807, 2.05) is 26.1 Å². The first-order chi connectivity index (χ1) is 14.1. The van der Waals surface area contributed by atoms with Crippen LogP contribution in [0, 0.1) is 18.3 Å². The number of carbonyl (C=O) groups is 1. The number of ketones is 1. The lowest BCUT2D eigenvalue weighted by molar-refractivity contribution is 0.103. The highest BCUT2D eigenvalue weighted by atomic mass is 127. The molecule has 0 bridgehead atoms. The Bertz CT molecular complexity index is 1250. The molecule has 2 aromatic heterocycles. The maximum Gasteiger partial charge on any atom is 0.229 e. The minimum atomic E-state index is -0.122. The number of H-pyrrole nitrogens is 1. The average molecular weight is 516 g/mol. The van der Waals surface area contributed by atoms with Gasteiger partial charge in [0.2, 0.25) is 5.78 Å². The number of benzene rings is 2. The standard InChI is InChI=1S/C20H15IN4OS.C2H6/c1-3-13-8-11(2)18-14(6-7-25(18)27-21)17(13)19(26)20-23-15-5-4-12(10-22)9-16(15)24-20;1-2/h4-9H,3H2,1-2H3,(H,23,24);1-2H3. The van der Waals surface area contributed by atoms with Gasteiger partial charge in [0.1, 0.15) is 0 Å². The molecule has 0 aliphatic carbocycles. The molecule has 0 radical (unpaired) electrons. The van der Waals surface area contributed by atoms with Crippen LogP contribution >= 0.6 is 30.3 Å². The third-order valence-corrected chi connectivity index (χ3v) is 6.44. The Balaban J connectivity index is 0.00000117. The third-order valence-electron chi connectivity index (χ3n) is 4.72. The lowest BCUT2D eigenvalue weighted by Gasteiger charge is -2.11. The van der Waals surface area contributed by atoms with Gasteiger partial charge in [-0.15, -0.1) is 0 Å². The van der Waals surface area contributed by atoms with E-state index in [-0.39, 0.29) is 5.78 Å². The number of nitrogens with zero attached hydrogens (tertiary/aromatic N) is 3. The van der Waals surface area contributed by atoms with E-state index in [4.69, 9.17) is 5.26 Å². The minimum absolute atomic E-state index is 0.122. The second-order valence-electron chi connectivity index (χ2n) is 6.31. The number of aromatic nitrogens is 3. The molecule has 0 aliphatic heterocycles. The maximum absolute atomic E-state index is 13.4. The molecule has 5 nitrogen and oxygen atoms in total. The second kappa shape index (κ2) is 9.01. The van der Waals surface area contributed by atoms with Gasteiger partial charge < -0.3 is 4.98 Å². The van der Waals surface area contributed by atoms with Crippen LogP contribution in [-0.4, -0.2) is 19.7 Å². The number of rotatable bonds is 4. The molecular weight excluding hydrogens is 495 g/mol. The van der Waals surface area contributed by atoms with Crippen molar-refractivity contribution < 1.29 is 4.79 Å². The number of hydrogen-bond donors (Lipinski definition) is 1. The third kappa shape index (κ3) is 3.79. The smallest absolute Gasteiger partial charge is 0.229 e. The van der Waals surface area contributed by atoms with Gasteiger partial charge in [0.05, 0.1) is 28.2 Å². The molecule has 0 atom stereocenters. The van der Waals surface area contributed by atoms with Crippen LogP contribution < -0.4 is 0 Å². The van der Waals surface area contributed by atoms with Gasteiger partial charge in [0.15, 0.2) is 5.82 Å². The summed E-state index contributed by atoms with van der Waals surface area (Å²) < 4.78 is 2.07. The maximum atomic E-state index is 13.4. The van der Waals surface area contributed by atoms with Crippen molar-refractivity contribution in [3.8, 4) is 6.07 Å². The van der Waals surface area contributed by atoms with E-state index in [1.165, 1.54) is 0 Å². The van der Waals surface area contributed by atoms with E-state index >= 15 is 0 Å². The van der Waals surface area contributed by atoms with E-state index in [0.29, 0.717) is 28.0 Å². The Hall–Kier alpha value is -2.31. The summed E-state index contributed by atoms with van der Waals surface area (Å²) in [6.07, 6.45) is 2.75. The molecule has 0 amide bonds. The van der Waals surface area contributed by atoms with Crippen LogP contribution in [0.15, 0.2) is 36.5 Å². The topological polar surface area (TPSA) is 74.5 Å². The van der Waals surface area contributed by atoms with Crippen molar-refractivity contribution in [2.45, 2.75) is 34.1 Å². The summed E-state index contributed by atoms with van der Waals surface area (Å²) in [6.45, 7) is 8.13. The Labute approximate surface area is 186 Å². The lowest BCUT2D eigenvalue weighted by atomic mass is 9.94. The summed E-state index contributed by atoms with van der Waals surface area (Å²) in [5, 5.41) is 10.0. The van der Waals surface area contributed by atoms with Gasteiger partial charge in [-0.3, -0.25) is 8.77 Å². The Morgan fingerprint density at radius 3 is 2.72 bits per heavy atom. The summed E-state index contributed by atoms with van der Waals surface area (Å²) in [4.78, 5) is 21.0. The van der Waals surface area contributed by atoms with Gasteiger partial charge in [-0.2, -0.15) is 5.26 Å². The van der Waals surface area contributed by atoms with Crippen LogP contribution in [0.4, 0.5) is 0 Å². The SMILES string of the molecule is CC.CCc1cc(C)c2c(ccn2SI)c1C(=O)c1nc2ccc(C#N)cc2[nH]1. The summed E-state index contributed by atoms with van der Waals surface area (Å²) in [5.41, 5.74) is 5.82. The fourth-order valence-corrected chi connectivity index (χ4v) is 4.89. The fourth-order valence-electron chi connectivity index (χ4n) is 3.49. The Morgan fingerprint density at radius 1 is 1.31 bits per heavy atom. The van der Waals surface area contributed by atoms with E-state index in [9.17, 15) is 4.79 Å². The Kier molecular flexibility index (Phi) is 6.65. The Morgan fingerprint density at radius 2 is 2.07 bits per heavy atom. The monoisotopic (exact) mass is 516 g/mol. The first-order valence-corrected chi connectivity index (χ1v) is 12.8. The van der Waals surface area contributed by atoms with Crippen molar-refractivity contribution >= 4 is 58.0 Å². The minimum Gasteiger partial charge on any atom is -0.335 e. The zero-order chi connectivity index (χ0) is 21.1. The first kappa shape index (κ1) is 21.4. The molecule has 4 rings (SSSR count). The number of nitrogens with one attached hydrogen (secondary N) is 1. The van der Waals surface area contributed by atoms with Crippen LogP contribution in [0.2, 0.25) is 0 Å². The largest absolute Gasteiger partial charge is 0.335 e. The first-order valence-electron chi connectivity index (χ1n) is 9.44. The second-order valence-corrected chi connectivity index (χ2v) is 8.03. The van der Waals surface area contributed by atoms with Crippen LogP contribution in [0.25, 0.3) is 21.9 Å². The summed E-state index contributed by atoms with van der Waals surface area (Å²) in [7, 11) is 1.58. The molecule has 2 aromatic carbocycles. The molecule has 2 heterocycles. The molecule has 0 spiro atoms. The molecule has 4 aromatic rings. The summed E-state index contributed by atoms with van der Waals surface area (Å²) >= 11 is 2.24. The molecule has 0 saturated heterocycles. The van der Waals surface area contributed by atoms with Gasteiger partial charge in [0.25, 0.3) is 0 Å². The number of nitriles is 1. The molecule has 0 aliphatic rings. The number of hydrogen-bond acceptors (Lipinski definition) is 4. The van der Waals surface area contributed by atoms with Crippen molar-refractivity contribution in [3.63, 3.8) is 0 Å². The molecule has 1 N–H and O–H groups in total. The molecular formula is C22H21IN4OS. The summed E-state index contributed by atoms with van der Waals surface area (Å²) in [5.74, 6) is 0.178.